The number of benzene rings is 1. The Balaban J connectivity index is 1.58. The van der Waals surface area contributed by atoms with Gasteiger partial charge in [-0.25, -0.2) is 14.8 Å². The quantitative estimate of drug-likeness (QED) is 0.706. The standard InChI is InChI=1S/C19H20N4O3/c1-11-8-12(2)21-17(20-11)14-6-7-23(10-14)18(24)13-4-5-16-15(9-13)22(3)19(25)26-16/h4-5,8-9,14H,6-7,10H2,1-3H3/t14-/m0/s1. The van der Waals surface area contributed by atoms with Crippen molar-refractivity contribution >= 4 is 17.0 Å². The van der Waals surface area contributed by atoms with Crippen LogP contribution in [-0.2, 0) is 7.05 Å². The third-order valence-electron chi connectivity index (χ3n) is 4.88. The molecular formula is C19H20N4O3. The molecule has 2 aromatic heterocycles. The number of fused-ring (bicyclic) bond motifs is 1. The van der Waals surface area contributed by atoms with Crippen molar-refractivity contribution in [3.05, 3.63) is 57.6 Å². The fourth-order valence-corrected chi connectivity index (χ4v) is 3.53. The largest absolute Gasteiger partial charge is 0.419 e. The van der Waals surface area contributed by atoms with Crippen molar-refractivity contribution in [2.24, 2.45) is 7.05 Å². The predicted octanol–water partition coefficient (Wildman–Crippen LogP) is 2.17. The third kappa shape index (κ3) is 2.79. The van der Waals surface area contributed by atoms with E-state index in [-0.39, 0.29) is 11.8 Å². The Labute approximate surface area is 150 Å². The molecule has 3 heterocycles. The van der Waals surface area contributed by atoms with Crippen molar-refractivity contribution in [3.8, 4) is 0 Å². The molecule has 1 atom stereocenters. The van der Waals surface area contributed by atoms with Crippen LogP contribution in [0.3, 0.4) is 0 Å². The van der Waals surface area contributed by atoms with E-state index >= 15 is 0 Å². The Morgan fingerprint density at radius 2 is 1.92 bits per heavy atom. The summed E-state index contributed by atoms with van der Waals surface area (Å²) < 4.78 is 6.53. The number of nitrogens with zero attached hydrogens (tertiary/aromatic N) is 4. The molecule has 0 bridgehead atoms. The molecule has 0 spiro atoms. The molecule has 0 unspecified atom stereocenters. The fraction of sp³-hybridized carbons (Fsp3) is 0.368. The first kappa shape index (κ1) is 16.5. The average molecular weight is 352 g/mol. The summed E-state index contributed by atoms with van der Waals surface area (Å²) in [7, 11) is 1.63. The molecular weight excluding hydrogens is 332 g/mol. The van der Waals surface area contributed by atoms with Gasteiger partial charge in [0.25, 0.3) is 5.91 Å². The Morgan fingerprint density at radius 1 is 1.19 bits per heavy atom. The number of hydrogen-bond donors (Lipinski definition) is 0. The first-order valence-electron chi connectivity index (χ1n) is 8.63. The number of likely N-dealkylation sites (tertiary alicyclic amines) is 1. The maximum absolute atomic E-state index is 12.9. The van der Waals surface area contributed by atoms with E-state index in [0.717, 1.165) is 23.6 Å². The average Bonchev–Trinajstić information content (AvgIpc) is 3.19. The van der Waals surface area contributed by atoms with Crippen LogP contribution in [0.4, 0.5) is 0 Å². The minimum atomic E-state index is -0.433. The van der Waals surface area contributed by atoms with Crippen molar-refractivity contribution in [2.75, 3.05) is 13.1 Å². The highest BCUT2D eigenvalue weighted by Gasteiger charge is 2.30. The SMILES string of the molecule is Cc1cc(C)nc([C@H]2CCN(C(=O)c3ccc4oc(=O)n(C)c4c3)C2)n1. The number of amides is 1. The van der Waals surface area contributed by atoms with Crippen LogP contribution in [0.2, 0.25) is 0 Å². The molecule has 26 heavy (non-hydrogen) atoms. The van der Waals surface area contributed by atoms with Crippen LogP contribution in [-0.4, -0.2) is 38.4 Å². The number of carbonyl (C=O) groups excluding carboxylic acids is 1. The molecule has 1 fully saturated rings. The number of rotatable bonds is 2. The topological polar surface area (TPSA) is 81.2 Å². The first-order chi connectivity index (χ1) is 12.4. The molecule has 1 aromatic carbocycles. The van der Waals surface area contributed by atoms with Crippen LogP contribution in [0.25, 0.3) is 11.1 Å². The minimum Gasteiger partial charge on any atom is -0.408 e. The second kappa shape index (κ2) is 6.09. The summed E-state index contributed by atoms with van der Waals surface area (Å²) in [4.78, 5) is 35.4. The van der Waals surface area contributed by atoms with E-state index in [4.69, 9.17) is 4.42 Å². The summed E-state index contributed by atoms with van der Waals surface area (Å²) in [6.45, 7) is 5.19. The highest BCUT2D eigenvalue weighted by Crippen LogP contribution is 2.27. The molecule has 7 heteroatoms. The number of carbonyl (C=O) groups is 1. The summed E-state index contributed by atoms with van der Waals surface area (Å²) in [5.74, 6) is 0.482. The van der Waals surface area contributed by atoms with Crippen LogP contribution in [0.5, 0.6) is 0 Å². The second-order valence-corrected chi connectivity index (χ2v) is 6.86. The summed E-state index contributed by atoms with van der Waals surface area (Å²) in [5, 5.41) is 0. The van der Waals surface area contributed by atoms with Gasteiger partial charge in [0.15, 0.2) is 5.58 Å². The molecule has 0 N–H and O–H groups in total. The zero-order valence-electron chi connectivity index (χ0n) is 15.0. The molecule has 0 saturated carbocycles. The van der Waals surface area contributed by atoms with Gasteiger partial charge in [-0.05, 0) is 44.5 Å². The Morgan fingerprint density at radius 3 is 2.65 bits per heavy atom. The number of hydrogen-bond acceptors (Lipinski definition) is 5. The fourth-order valence-electron chi connectivity index (χ4n) is 3.53. The van der Waals surface area contributed by atoms with Crippen molar-refractivity contribution in [1.82, 2.24) is 19.4 Å². The molecule has 4 rings (SSSR count). The number of aromatic nitrogens is 3. The number of oxazole rings is 1. The van der Waals surface area contributed by atoms with Crippen molar-refractivity contribution in [3.63, 3.8) is 0 Å². The molecule has 1 saturated heterocycles. The monoisotopic (exact) mass is 352 g/mol. The molecule has 0 aliphatic carbocycles. The molecule has 1 aliphatic rings. The van der Waals surface area contributed by atoms with Crippen molar-refractivity contribution in [1.29, 1.82) is 0 Å². The van der Waals surface area contributed by atoms with Gasteiger partial charge in [0.2, 0.25) is 0 Å². The maximum Gasteiger partial charge on any atom is 0.419 e. The van der Waals surface area contributed by atoms with E-state index in [0.29, 0.717) is 29.8 Å². The highest BCUT2D eigenvalue weighted by molar-refractivity contribution is 5.97. The highest BCUT2D eigenvalue weighted by atomic mass is 16.4. The van der Waals surface area contributed by atoms with Crippen LogP contribution in [0.15, 0.2) is 33.5 Å². The first-order valence-corrected chi connectivity index (χ1v) is 8.63. The van der Waals surface area contributed by atoms with Gasteiger partial charge in [-0.1, -0.05) is 0 Å². The van der Waals surface area contributed by atoms with Crippen LogP contribution < -0.4 is 5.76 Å². The van der Waals surface area contributed by atoms with Crippen molar-refractivity contribution < 1.29 is 9.21 Å². The van der Waals surface area contributed by atoms with Gasteiger partial charge < -0.3 is 9.32 Å². The van der Waals surface area contributed by atoms with Gasteiger partial charge >= 0.3 is 5.76 Å². The van der Waals surface area contributed by atoms with E-state index in [9.17, 15) is 9.59 Å². The summed E-state index contributed by atoms with van der Waals surface area (Å²) in [6.07, 6.45) is 0.848. The lowest BCUT2D eigenvalue weighted by atomic mass is 10.1. The molecule has 1 aliphatic heterocycles. The second-order valence-electron chi connectivity index (χ2n) is 6.86. The van der Waals surface area contributed by atoms with Crippen LogP contribution in [0.1, 0.15) is 39.9 Å². The van der Waals surface area contributed by atoms with Crippen LogP contribution >= 0.6 is 0 Å². The molecule has 134 valence electrons. The van der Waals surface area contributed by atoms with Gasteiger partial charge in [0, 0.05) is 43.0 Å². The summed E-state index contributed by atoms with van der Waals surface area (Å²) in [5.41, 5.74) is 3.55. The van der Waals surface area contributed by atoms with Crippen LogP contribution in [0, 0.1) is 13.8 Å². The van der Waals surface area contributed by atoms with Gasteiger partial charge in [0.05, 0.1) is 5.52 Å². The smallest absolute Gasteiger partial charge is 0.408 e. The maximum atomic E-state index is 12.9. The van der Waals surface area contributed by atoms with E-state index in [1.807, 2.05) is 24.8 Å². The lowest BCUT2D eigenvalue weighted by Gasteiger charge is -2.16. The molecule has 7 nitrogen and oxygen atoms in total. The lowest BCUT2D eigenvalue weighted by Crippen LogP contribution is -2.28. The third-order valence-corrected chi connectivity index (χ3v) is 4.88. The summed E-state index contributed by atoms with van der Waals surface area (Å²) >= 11 is 0. The minimum absolute atomic E-state index is 0.0487. The Hall–Kier alpha value is -2.96. The van der Waals surface area contributed by atoms with E-state index in [2.05, 4.69) is 9.97 Å². The van der Waals surface area contributed by atoms with Gasteiger partial charge in [-0.3, -0.25) is 9.36 Å². The molecule has 0 radical (unpaired) electrons. The van der Waals surface area contributed by atoms with E-state index in [1.54, 1.807) is 25.2 Å². The van der Waals surface area contributed by atoms with Gasteiger partial charge in [-0.2, -0.15) is 0 Å². The zero-order chi connectivity index (χ0) is 18.4. The van der Waals surface area contributed by atoms with E-state index in [1.165, 1.54) is 4.57 Å². The predicted molar refractivity (Wildman–Crippen MR) is 96.2 cm³/mol. The Kier molecular flexibility index (Phi) is 3.86. The van der Waals surface area contributed by atoms with Crippen molar-refractivity contribution in [2.45, 2.75) is 26.2 Å². The lowest BCUT2D eigenvalue weighted by molar-refractivity contribution is 0.0790. The zero-order valence-corrected chi connectivity index (χ0v) is 15.0. The Bertz CT molecular complexity index is 1050. The van der Waals surface area contributed by atoms with E-state index < -0.39 is 5.76 Å². The van der Waals surface area contributed by atoms with Gasteiger partial charge in [0.1, 0.15) is 5.82 Å². The molecule has 3 aromatic rings. The summed E-state index contributed by atoms with van der Waals surface area (Å²) in [6, 6.07) is 7.04. The normalized spacial score (nSPS) is 17.2. The molecule has 1 amide bonds. The van der Waals surface area contributed by atoms with Gasteiger partial charge in [-0.15, -0.1) is 0 Å². The number of aryl methyl sites for hydroxylation is 3.